The second-order valence-electron chi connectivity index (χ2n) is 7.59. The number of aliphatic carboxylic acids is 1. The maximum absolute atomic E-state index is 12.6. The fraction of sp³-hybridized carbons (Fsp3) is 0.227. The lowest BCUT2D eigenvalue weighted by atomic mass is 10.1. The van der Waals surface area contributed by atoms with Gasteiger partial charge in [0, 0.05) is 11.9 Å². The van der Waals surface area contributed by atoms with Gasteiger partial charge in [-0.1, -0.05) is 29.5 Å². The number of aromatic nitrogens is 3. The number of anilines is 1. The van der Waals surface area contributed by atoms with E-state index >= 15 is 0 Å². The first-order valence-corrected chi connectivity index (χ1v) is 12.2. The lowest BCUT2D eigenvalue weighted by Gasteiger charge is -2.19. The topological polar surface area (TPSA) is 169 Å². The van der Waals surface area contributed by atoms with Crippen molar-refractivity contribution in [2.45, 2.75) is 25.6 Å². The molecule has 0 aliphatic rings. The van der Waals surface area contributed by atoms with Crippen LogP contribution in [0.25, 0.3) is 10.9 Å². The minimum Gasteiger partial charge on any atom is -0.480 e. The van der Waals surface area contributed by atoms with Crippen LogP contribution < -0.4 is 16.0 Å². The molecule has 0 fully saturated rings. The van der Waals surface area contributed by atoms with Crippen LogP contribution >= 0.6 is 22.7 Å². The van der Waals surface area contributed by atoms with Gasteiger partial charge in [-0.05, 0) is 30.0 Å². The van der Waals surface area contributed by atoms with Crippen molar-refractivity contribution >= 4 is 56.5 Å². The van der Waals surface area contributed by atoms with E-state index in [1.807, 2.05) is 18.2 Å². The number of nitrogens with zero attached hydrogens (tertiary/aromatic N) is 2. The maximum atomic E-state index is 12.6. The number of amides is 2. The highest BCUT2D eigenvalue weighted by Gasteiger charge is 2.25. The van der Waals surface area contributed by atoms with Gasteiger partial charge in [-0.15, -0.1) is 11.3 Å². The fourth-order valence-electron chi connectivity index (χ4n) is 3.41. The molecular weight excluding hydrogens is 492 g/mol. The van der Waals surface area contributed by atoms with Gasteiger partial charge < -0.3 is 20.8 Å². The molecule has 3 aromatic heterocycles. The number of carboxylic acid groups (broad SMARTS) is 1. The summed E-state index contributed by atoms with van der Waals surface area (Å²) in [5.41, 5.74) is 2.07. The van der Waals surface area contributed by atoms with Crippen LogP contribution in [0.5, 0.6) is 0 Å². The second-order valence-corrected chi connectivity index (χ2v) is 9.57. The second kappa shape index (κ2) is 10.7. The smallest absolute Gasteiger partial charge is 0.322 e. The van der Waals surface area contributed by atoms with Crippen molar-refractivity contribution in [3.05, 3.63) is 62.9 Å². The van der Waals surface area contributed by atoms with Gasteiger partial charge in [-0.3, -0.25) is 24.8 Å². The van der Waals surface area contributed by atoms with Crippen molar-refractivity contribution < 1.29 is 24.6 Å². The summed E-state index contributed by atoms with van der Waals surface area (Å²) in [5.74, 6) is -1.92. The van der Waals surface area contributed by atoms with Gasteiger partial charge >= 0.3 is 5.97 Å². The molecule has 0 saturated heterocycles. The van der Waals surface area contributed by atoms with Gasteiger partial charge in [0.15, 0.2) is 5.13 Å². The van der Waals surface area contributed by atoms with Crippen LogP contribution in [-0.2, 0) is 16.0 Å². The van der Waals surface area contributed by atoms with Gasteiger partial charge in [0.05, 0.1) is 33.6 Å². The number of fused-ring (bicyclic) bond motifs is 1. The number of rotatable bonds is 10. The van der Waals surface area contributed by atoms with E-state index in [0.29, 0.717) is 15.4 Å². The molecule has 35 heavy (non-hydrogen) atoms. The van der Waals surface area contributed by atoms with Crippen molar-refractivity contribution in [1.29, 1.82) is 0 Å². The monoisotopic (exact) mass is 514 g/mol. The number of carbonyl (C=O) groups excluding carboxylic acids is 2. The van der Waals surface area contributed by atoms with Crippen molar-refractivity contribution in [2.24, 2.45) is 0 Å². The molecule has 11 nitrogen and oxygen atoms in total. The Morgan fingerprint density at radius 2 is 2.03 bits per heavy atom. The molecule has 0 aliphatic heterocycles. The molecule has 0 bridgehead atoms. The van der Waals surface area contributed by atoms with Gasteiger partial charge in [0.2, 0.25) is 5.91 Å². The minimum absolute atomic E-state index is 0.108. The van der Waals surface area contributed by atoms with Crippen LogP contribution in [0, 0.1) is 6.92 Å². The van der Waals surface area contributed by atoms with E-state index < -0.39 is 24.1 Å². The molecule has 4 rings (SSSR count). The van der Waals surface area contributed by atoms with E-state index in [4.69, 9.17) is 0 Å². The van der Waals surface area contributed by atoms with E-state index in [1.54, 1.807) is 30.6 Å². The highest BCUT2D eigenvalue weighted by atomic mass is 32.1. The van der Waals surface area contributed by atoms with E-state index in [0.717, 1.165) is 27.8 Å². The van der Waals surface area contributed by atoms with Crippen molar-refractivity contribution in [2.75, 3.05) is 11.9 Å². The molecule has 1 aromatic carbocycles. The zero-order chi connectivity index (χ0) is 24.9. The number of benzene rings is 1. The predicted octanol–water partition coefficient (Wildman–Crippen LogP) is 2.03. The molecule has 6 N–H and O–H groups in total. The first kappa shape index (κ1) is 24.5. The third-order valence-corrected chi connectivity index (χ3v) is 7.12. The summed E-state index contributed by atoms with van der Waals surface area (Å²) in [6, 6.07) is 7.64. The van der Waals surface area contributed by atoms with Crippen molar-refractivity contribution in [3.63, 3.8) is 0 Å². The number of aromatic amines is 1. The van der Waals surface area contributed by atoms with E-state index in [-0.39, 0.29) is 24.0 Å². The lowest BCUT2D eigenvalue weighted by molar-refractivity contribution is -0.140. The molecular formula is C22H22N6O5S2. The van der Waals surface area contributed by atoms with E-state index in [9.17, 15) is 24.6 Å². The number of nitrogens with one attached hydrogen (secondary N) is 4. The summed E-state index contributed by atoms with van der Waals surface area (Å²) in [6.07, 6.45) is 0.405. The van der Waals surface area contributed by atoms with Crippen LogP contribution in [-0.4, -0.2) is 55.8 Å². The first-order chi connectivity index (χ1) is 16.8. The molecule has 13 heteroatoms. The zero-order valence-corrected chi connectivity index (χ0v) is 20.1. The number of thiazole rings is 1. The lowest BCUT2D eigenvalue weighted by Crippen LogP contribution is -2.47. The quantitative estimate of drug-likeness (QED) is 0.175. The number of H-pyrrole nitrogens is 1. The van der Waals surface area contributed by atoms with Gasteiger partial charge in [0.1, 0.15) is 12.3 Å². The highest BCUT2D eigenvalue weighted by molar-refractivity contribution is 7.16. The molecule has 182 valence electrons. The number of carboxylic acids is 1. The summed E-state index contributed by atoms with van der Waals surface area (Å²) in [5, 5.41) is 37.7. The molecule has 0 spiro atoms. The van der Waals surface area contributed by atoms with Crippen LogP contribution in [0.4, 0.5) is 5.13 Å². The number of hydrogen-bond acceptors (Lipinski definition) is 9. The Hall–Kier alpha value is -3.65. The Labute approximate surface area is 207 Å². The van der Waals surface area contributed by atoms with Crippen LogP contribution in [0.15, 0.2) is 41.9 Å². The Morgan fingerprint density at radius 3 is 2.77 bits per heavy atom. The normalized spacial score (nSPS) is 12.9. The fourth-order valence-corrected chi connectivity index (χ4v) is 4.98. The number of aryl methyl sites for hydroxylation is 1. The number of aliphatic hydroxyl groups is 1. The number of hydrogen-bond donors (Lipinski definition) is 6. The third-order valence-electron chi connectivity index (χ3n) is 5.12. The third kappa shape index (κ3) is 5.89. The molecule has 2 amide bonds. The Morgan fingerprint density at radius 1 is 1.20 bits per heavy atom. The zero-order valence-electron chi connectivity index (χ0n) is 18.4. The standard InChI is InChI=1S/C22H22N6O5S2/c1-11-18(20(31)26-15(21(32)33)10-23-19(30)16-6-3-7-34-16)35-22(25-11)27-17(29)8-12-4-2-5-14-13(12)9-24-28-14/h2-7,9,15,20,26,31H,8,10H2,1H3,(H,23,30)(H,24,28)(H,32,33)(H,25,27,29). The van der Waals surface area contributed by atoms with E-state index in [2.05, 4.69) is 31.1 Å². The molecule has 2 atom stereocenters. The molecule has 3 heterocycles. The largest absolute Gasteiger partial charge is 0.480 e. The van der Waals surface area contributed by atoms with Crippen LogP contribution in [0.2, 0.25) is 0 Å². The Bertz CT molecular complexity index is 1350. The summed E-state index contributed by atoms with van der Waals surface area (Å²) >= 11 is 2.27. The van der Waals surface area contributed by atoms with Crippen molar-refractivity contribution in [1.82, 2.24) is 25.8 Å². The number of carbonyl (C=O) groups is 3. The average Bonchev–Trinajstić information content (AvgIpc) is 3.57. The van der Waals surface area contributed by atoms with Gasteiger partial charge in [-0.2, -0.15) is 5.10 Å². The molecule has 2 unspecified atom stereocenters. The summed E-state index contributed by atoms with van der Waals surface area (Å²) < 4.78 is 0. The highest BCUT2D eigenvalue weighted by Crippen LogP contribution is 2.28. The Kier molecular flexibility index (Phi) is 7.51. The summed E-state index contributed by atoms with van der Waals surface area (Å²) in [4.78, 5) is 41.4. The van der Waals surface area contributed by atoms with Crippen LogP contribution in [0.1, 0.15) is 32.0 Å². The number of thiophene rings is 1. The minimum atomic E-state index is -1.36. The van der Waals surface area contributed by atoms with Gasteiger partial charge in [-0.25, -0.2) is 4.98 Å². The molecule has 0 saturated carbocycles. The van der Waals surface area contributed by atoms with E-state index in [1.165, 1.54) is 11.3 Å². The van der Waals surface area contributed by atoms with Crippen LogP contribution in [0.3, 0.4) is 0 Å². The SMILES string of the molecule is Cc1nc(NC(=O)Cc2cccc3[nH]ncc23)sc1C(O)NC(CNC(=O)c1cccs1)C(=O)O. The number of aliphatic hydroxyl groups excluding tert-OH is 1. The maximum Gasteiger partial charge on any atom is 0.322 e. The average molecular weight is 515 g/mol. The van der Waals surface area contributed by atoms with Crippen molar-refractivity contribution in [3.8, 4) is 0 Å². The Balaban J connectivity index is 1.37. The molecule has 4 aromatic rings. The predicted molar refractivity (Wildman–Crippen MR) is 131 cm³/mol. The first-order valence-electron chi connectivity index (χ1n) is 10.5. The summed E-state index contributed by atoms with van der Waals surface area (Å²) in [7, 11) is 0. The van der Waals surface area contributed by atoms with Gasteiger partial charge in [0.25, 0.3) is 5.91 Å². The molecule has 0 radical (unpaired) electrons. The molecule has 0 aliphatic carbocycles. The summed E-state index contributed by atoms with van der Waals surface area (Å²) in [6.45, 7) is 1.41.